The van der Waals surface area contributed by atoms with Crippen LogP contribution in [0.25, 0.3) is 11.3 Å². The van der Waals surface area contributed by atoms with E-state index in [0.29, 0.717) is 34.7 Å². The van der Waals surface area contributed by atoms with E-state index in [0.717, 1.165) is 0 Å². The van der Waals surface area contributed by atoms with Crippen molar-refractivity contribution in [2.24, 2.45) is 0 Å². The quantitative estimate of drug-likeness (QED) is 0.423. The van der Waals surface area contributed by atoms with E-state index < -0.39 is 24.0 Å². The average molecular weight is 486 g/mol. The lowest BCUT2D eigenvalue weighted by atomic mass is 9.91. The number of aromatic nitrogens is 8. The average Bonchev–Trinajstić information content (AvgIpc) is 3.38. The summed E-state index contributed by atoms with van der Waals surface area (Å²) in [4.78, 5) is 0. The molecule has 1 aliphatic carbocycles. The van der Waals surface area contributed by atoms with Crippen molar-refractivity contribution in [2.45, 2.75) is 50.1 Å². The Morgan fingerprint density at radius 3 is 1.35 bits per heavy atom. The van der Waals surface area contributed by atoms with Gasteiger partial charge in [-0.15, -0.1) is 30.6 Å². The van der Waals surface area contributed by atoms with Crippen molar-refractivity contribution in [2.75, 3.05) is 10.6 Å². The second-order valence-corrected chi connectivity index (χ2v) is 7.86. The number of hydrogen-bond acceptors (Lipinski definition) is 8. The van der Waals surface area contributed by atoms with Gasteiger partial charge in [0.15, 0.2) is 11.3 Å². The van der Waals surface area contributed by atoms with E-state index in [-0.39, 0.29) is 35.0 Å². The number of alkyl halides is 6. The minimum absolute atomic E-state index is 0.0166. The van der Waals surface area contributed by atoms with E-state index in [1.165, 1.54) is 24.3 Å². The summed E-state index contributed by atoms with van der Waals surface area (Å²) in [5, 5.41) is 27.4. The van der Waals surface area contributed by atoms with Crippen LogP contribution < -0.4 is 10.6 Å². The molecule has 0 aliphatic heterocycles. The van der Waals surface area contributed by atoms with Gasteiger partial charge in [0.25, 0.3) is 11.6 Å². The molecular formula is C18H16F6N10. The molecule has 0 atom stereocenters. The molecule has 34 heavy (non-hydrogen) atoms. The molecule has 4 heterocycles. The lowest BCUT2D eigenvalue weighted by Crippen LogP contribution is -2.33. The van der Waals surface area contributed by atoms with Crippen LogP contribution in [0.3, 0.4) is 0 Å². The molecule has 0 unspecified atom stereocenters. The van der Waals surface area contributed by atoms with Crippen molar-refractivity contribution in [3.05, 3.63) is 35.9 Å². The number of rotatable bonds is 4. The predicted molar refractivity (Wildman–Crippen MR) is 105 cm³/mol. The van der Waals surface area contributed by atoms with Crippen LogP contribution in [0.2, 0.25) is 0 Å². The molecule has 1 fully saturated rings. The minimum Gasteiger partial charge on any atom is -0.366 e. The molecule has 0 spiro atoms. The van der Waals surface area contributed by atoms with Crippen molar-refractivity contribution in [1.29, 1.82) is 0 Å². The summed E-state index contributed by atoms with van der Waals surface area (Å²) in [6.45, 7) is 0. The second-order valence-electron chi connectivity index (χ2n) is 7.86. The van der Waals surface area contributed by atoms with Crippen LogP contribution in [0, 0.1) is 0 Å². The van der Waals surface area contributed by atoms with Crippen molar-refractivity contribution in [3.8, 4) is 0 Å². The third-order valence-corrected chi connectivity index (χ3v) is 5.46. The first-order chi connectivity index (χ1) is 16.1. The van der Waals surface area contributed by atoms with Gasteiger partial charge in [-0.25, -0.2) is 0 Å². The molecule has 0 aromatic carbocycles. The molecule has 180 valence electrons. The van der Waals surface area contributed by atoms with E-state index in [1.54, 1.807) is 0 Å². The Morgan fingerprint density at radius 2 is 1.00 bits per heavy atom. The molecule has 4 aromatic rings. The summed E-state index contributed by atoms with van der Waals surface area (Å²) >= 11 is 0. The zero-order valence-corrected chi connectivity index (χ0v) is 17.1. The minimum atomic E-state index is -4.68. The summed E-state index contributed by atoms with van der Waals surface area (Å²) in [5.41, 5.74) is -0.0333. The first-order valence-electron chi connectivity index (χ1n) is 10.2. The normalized spacial score (nSPS) is 19.6. The maximum absolute atomic E-state index is 13.1. The molecule has 2 N–H and O–H groups in total. The summed E-state index contributed by atoms with van der Waals surface area (Å²) in [5.74, 6) is -1.89. The molecular weight excluding hydrogens is 470 g/mol. The van der Waals surface area contributed by atoms with Crippen LogP contribution in [0.1, 0.15) is 37.3 Å². The van der Waals surface area contributed by atoms with Gasteiger partial charge in [-0.2, -0.15) is 35.4 Å². The summed E-state index contributed by atoms with van der Waals surface area (Å²) in [7, 11) is 0. The van der Waals surface area contributed by atoms with Gasteiger partial charge in [0.05, 0.1) is 0 Å². The van der Waals surface area contributed by atoms with E-state index in [9.17, 15) is 26.3 Å². The van der Waals surface area contributed by atoms with Crippen LogP contribution in [0.15, 0.2) is 24.3 Å². The highest BCUT2D eigenvalue weighted by Gasteiger charge is 2.38. The van der Waals surface area contributed by atoms with Crippen LogP contribution >= 0.6 is 0 Å². The van der Waals surface area contributed by atoms with Gasteiger partial charge in [-0.05, 0) is 49.9 Å². The molecule has 4 aromatic heterocycles. The predicted octanol–water partition coefficient (Wildman–Crippen LogP) is 3.43. The van der Waals surface area contributed by atoms with Crippen molar-refractivity contribution >= 4 is 22.9 Å². The maximum Gasteiger partial charge on any atom is 0.453 e. The molecule has 16 heteroatoms. The number of fused-ring (bicyclic) bond motifs is 2. The third kappa shape index (κ3) is 4.26. The lowest BCUT2D eigenvalue weighted by molar-refractivity contribution is -0.147. The molecule has 1 saturated carbocycles. The highest BCUT2D eigenvalue weighted by Crippen LogP contribution is 2.29. The highest BCUT2D eigenvalue weighted by molar-refractivity contribution is 5.46. The van der Waals surface area contributed by atoms with E-state index in [2.05, 4.69) is 41.2 Å². The Hall–Kier alpha value is -3.72. The molecule has 0 saturated heterocycles. The van der Waals surface area contributed by atoms with Crippen LogP contribution in [-0.2, 0) is 12.4 Å². The fourth-order valence-electron chi connectivity index (χ4n) is 3.89. The van der Waals surface area contributed by atoms with Crippen LogP contribution in [0.4, 0.5) is 38.0 Å². The zero-order chi connectivity index (χ0) is 24.1. The zero-order valence-electron chi connectivity index (χ0n) is 17.1. The fraction of sp³-hybridized carbons (Fsp3) is 0.444. The fourth-order valence-corrected chi connectivity index (χ4v) is 3.89. The van der Waals surface area contributed by atoms with Crippen molar-refractivity contribution < 1.29 is 26.3 Å². The monoisotopic (exact) mass is 486 g/mol. The second kappa shape index (κ2) is 7.95. The van der Waals surface area contributed by atoms with Gasteiger partial charge in [0.2, 0.25) is 0 Å². The number of nitrogens with one attached hydrogen (secondary N) is 2. The molecule has 1 aliphatic rings. The van der Waals surface area contributed by atoms with Crippen LogP contribution in [-0.4, -0.2) is 51.7 Å². The van der Waals surface area contributed by atoms with E-state index >= 15 is 0 Å². The molecule has 10 nitrogen and oxygen atoms in total. The standard InChI is InChI=1S/C18H16F6N10/c19-17(20,21)15-29-27-13-7-5-11(31-33(13)15)25-9-1-2-10(4-3-9)26-12-6-8-14-28-30-16(18(22,23)24)34(14)32-12/h5-10H,1-4H2,(H,25,31)(H,26,32). The first kappa shape index (κ1) is 22.1. The maximum atomic E-state index is 13.1. The number of nitrogens with zero attached hydrogens (tertiary/aromatic N) is 8. The molecule has 0 radical (unpaired) electrons. The van der Waals surface area contributed by atoms with E-state index in [1.807, 2.05) is 0 Å². The van der Waals surface area contributed by atoms with Gasteiger partial charge >= 0.3 is 12.4 Å². The Morgan fingerprint density at radius 1 is 0.618 bits per heavy atom. The van der Waals surface area contributed by atoms with E-state index in [4.69, 9.17) is 0 Å². The Labute approximate surface area is 186 Å². The molecule has 0 amide bonds. The van der Waals surface area contributed by atoms with Crippen molar-refractivity contribution in [3.63, 3.8) is 0 Å². The Kier molecular flexibility index (Phi) is 5.16. The van der Waals surface area contributed by atoms with Crippen LogP contribution in [0.5, 0.6) is 0 Å². The summed E-state index contributed by atoms with van der Waals surface area (Å²) in [6.07, 6.45) is -6.72. The topological polar surface area (TPSA) is 110 Å². The van der Waals surface area contributed by atoms with Gasteiger partial charge in [0.1, 0.15) is 11.6 Å². The van der Waals surface area contributed by atoms with Gasteiger partial charge in [0, 0.05) is 12.1 Å². The van der Waals surface area contributed by atoms with Gasteiger partial charge in [-0.1, -0.05) is 0 Å². The number of halogens is 6. The summed E-state index contributed by atoms with van der Waals surface area (Å²) in [6, 6.07) is 5.77. The summed E-state index contributed by atoms with van der Waals surface area (Å²) < 4.78 is 79.6. The number of anilines is 2. The largest absolute Gasteiger partial charge is 0.453 e. The Bertz CT molecular complexity index is 1220. The number of hydrogen-bond donors (Lipinski definition) is 2. The first-order valence-corrected chi connectivity index (χ1v) is 10.2. The molecule has 5 rings (SSSR count). The SMILES string of the molecule is FC(F)(F)c1nnc2ccc(NC3CCC(Nc4ccc5nnc(C(F)(F)F)n5n4)CC3)nn12. The molecule has 0 bridgehead atoms. The third-order valence-electron chi connectivity index (χ3n) is 5.46. The van der Waals surface area contributed by atoms with Crippen molar-refractivity contribution in [1.82, 2.24) is 39.6 Å². The highest BCUT2D eigenvalue weighted by atomic mass is 19.4. The lowest BCUT2D eigenvalue weighted by Gasteiger charge is -2.30. The van der Waals surface area contributed by atoms with Gasteiger partial charge < -0.3 is 10.6 Å². The van der Waals surface area contributed by atoms with Gasteiger partial charge in [-0.3, -0.25) is 0 Å². The Balaban J connectivity index is 1.22. The smallest absolute Gasteiger partial charge is 0.366 e.